The van der Waals surface area contributed by atoms with Crippen LogP contribution in [0.3, 0.4) is 0 Å². The zero-order chi connectivity index (χ0) is 6.97. The maximum atomic E-state index is 11.1. The fraction of sp³-hybridized carbons (Fsp3) is 0.375. The molecular formula is C8H9NO. The molecule has 2 heterocycles. The first-order valence-electron chi connectivity index (χ1n) is 3.53. The molecule has 0 fully saturated rings. The molecule has 0 radical (unpaired) electrons. The molecule has 0 spiro atoms. The van der Waals surface area contributed by atoms with Crippen LogP contribution in [0.15, 0.2) is 24.4 Å². The zero-order valence-electron chi connectivity index (χ0n) is 5.66. The third-order valence-electron chi connectivity index (χ3n) is 1.99. The molecule has 0 saturated heterocycles. The molecule has 2 aliphatic rings. The molecule has 0 bridgehead atoms. The van der Waals surface area contributed by atoms with Crippen molar-refractivity contribution in [1.29, 1.82) is 0 Å². The second-order valence-electron chi connectivity index (χ2n) is 2.66. The van der Waals surface area contributed by atoms with Gasteiger partial charge in [-0.05, 0) is 18.9 Å². The van der Waals surface area contributed by atoms with E-state index in [0.29, 0.717) is 6.04 Å². The highest BCUT2D eigenvalue weighted by atomic mass is 16.2. The molecule has 0 N–H and O–H groups in total. The van der Waals surface area contributed by atoms with Crippen LogP contribution in [0.2, 0.25) is 0 Å². The van der Waals surface area contributed by atoms with Crippen molar-refractivity contribution in [2.45, 2.75) is 18.9 Å². The lowest BCUT2D eigenvalue weighted by atomic mass is 10.1. The van der Waals surface area contributed by atoms with Gasteiger partial charge in [-0.2, -0.15) is 0 Å². The molecule has 52 valence electrons. The van der Waals surface area contributed by atoms with Gasteiger partial charge >= 0.3 is 0 Å². The van der Waals surface area contributed by atoms with Crippen LogP contribution in [0.25, 0.3) is 0 Å². The van der Waals surface area contributed by atoms with Gasteiger partial charge in [-0.3, -0.25) is 4.79 Å². The minimum atomic E-state index is 0.130. The van der Waals surface area contributed by atoms with Crippen molar-refractivity contribution in [3.05, 3.63) is 24.4 Å². The molecule has 1 amide bonds. The normalized spacial score (nSPS) is 29.4. The molecule has 2 nitrogen and oxygen atoms in total. The van der Waals surface area contributed by atoms with Gasteiger partial charge in [-0.15, -0.1) is 0 Å². The Hall–Kier alpha value is -1.05. The van der Waals surface area contributed by atoms with Crippen LogP contribution in [0.5, 0.6) is 0 Å². The zero-order valence-corrected chi connectivity index (χ0v) is 5.66. The number of fused-ring (bicyclic) bond motifs is 1. The number of amides is 1. The highest BCUT2D eigenvalue weighted by Gasteiger charge is 2.24. The van der Waals surface area contributed by atoms with E-state index in [1.807, 2.05) is 12.3 Å². The standard InChI is InChI=1S/C8H9NO/c10-8-5-1-3-7-4-2-6-9(7)8/h1-2,5-7H,3-4H2. The van der Waals surface area contributed by atoms with Gasteiger partial charge in [-0.1, -0.05) is 12.2 Å². The molecular weight excluding hydrogens is 126 g/mol. The summed E-state index contributed by atoms with van der Waals surface area (Å²) in [5, 5.41) is 0. The van der Waals surface area contributed by atoms with E-state index in [9.17, 15) is 4.79 Å². The van der Waals surface area contributed by atoms with Gasteiger partial charge in [0, 0.05) is 12.2 Å². The fourth-order valence-corrected chi connectivity index (χ4v) is 1.44. The summed E-state index contributed by atoms with van der Waals surface area (Å²) in [6, 6.07) is 0.428. The average molecular weight is 135 g/mol. The second kappa shape index (κ2) is 1.97. The number of nitrogens with zero attached hydrogens (tertiary/aromatic N) is 1. The van der Waals surface area contributed by atoms with Crippen LogP contribution in [0.1, 0.15) is 12.8 Å². The Morgan fingerprint density at radius 3 is 3.00 bits per heavy atom. The molecule has 2 rings (SSSR count). The summed E-state index contributed by atoms with van der Waals surface area (Å²) in [5.41, 5.74) is 0. The number of hydrogen-bond donors (Lipinski definition) is 0. The van der Waals surface area contributed by atoms with Gasteiger partial charge in [0.15, 0.2) is 0 Å². The number of hydrogen-bond acceptors (Lipinski definition) is 1. The van der Waals surface area contributed by atoms with Crippen LogP contribution in [-0.4, -0.2) is 16.8 Å². The lowest BCUT2D eigenvalue weighted by molar-refractivity contribution is -0.125. The van der Waals surface area contributed by atoms with Crippen LogP contribution >= 0.6 is 0 Å². The molecule has 0 aliphatic carbocycles. The average Bonchev–Trinajstić information content (AvgIpc) is 2.36. The topological polar surface area (TPSA) is 20.3 Å². The Bertz CT molecular complexity index is 217. The van der Waals surface area contributed by atoms with Crippen LogP contribution in [-0.2, 0) is 4.79 Å². The van der Waals surface area contributed by atoms with Gasteiger partial charge in [0.05, 0.1) is 0 Å². The van der Waals surface area contributed by atoms with Gasteiger partial charge < -0.3 is 4.90 Å². The predicted molar refractivity (Wildman–Crippen MR) is 38.1 cm³/mol. The van der Waals surface area contributed by atoms with E-state index in [1.165, 1.54) is 0 Å². The third-order valence-corrected chi connectivity index (χ3v) is 1.99. The SMILES string of the molecule is O=C1C=CCC2CC=CN12. The molecule has 0 aromatic rings. The smallest absolute Gasteiger partial charge is 0.250 e. The predicted octanol–water partition coefficient (Wildman–Crippen LogP) is 1.06. The Morgan fingerprint density at radius 2 is 2.20 bits per heavy atom. The van der Waals surface area contributed by atoms with Crippen molar-refractivity contribution < 1.29 is 4.79 Å². The Labute approximate surface area is 59.8 Å². The van der Waals surface area contributed by atoms with Gasteiger partial charge in [0.2, 0.25) is 5.91 Å². The first kappa shape index (κ1) is 5.71. The van der Waals surface area contributed by atoms with E-state index in [0.717, 1.165) is 12.8 Å². The van der Waals surface area contributed by atoms with E-state index in [1.54, 1.807) is 11.0 Å². The van der Waals surface area contributed by atoms with Crippen molar-refractivity contribution in [1.82, 2.24) is 4.90 Å². The fourth-order valence-electron chi connectivity index (χ4n) is 1.44. The monoisotopic (exact) mass is 135 g/mol. The van der Waals surface area contributed by atoms with Crippen molar-refractivity contribution in [3.63, 3.8) is 0 Å². The maximum Gasteiger partial charge on any atom is 0.250 e. The summed E-state index contributed by atoms with van der Waals surface area (Å²) in [6.45, 7) is 0. The highest BCUT2D eigenvalue weighted by molar-refractivity contribution is 5.89. The lowest BCUT2D eigenvalue weighted by Gasteiger charge is -2.24. The summed E-state index contributed by atoms with van der Waals surface area (Å²) < 4.78 is 0. The van der Waals surface area contributed by atoms with Gasteiger partial charge in [0.1, 0.15) is 0 Å². The highest BCUT2D eigenvalue weighted by Crippen LogP contribution is 2.21. The first-order chi connectivity index (χ1) is 4.88. The van der Waals surface area contributed by atoms with E-state index in [-0.39, 0.29) is 5.91 Å². The van der Waals surface area contributed by atoms with Crippen LogP contribution in [0, 0.1) is 0 Å². The van der Waals surface area contributed by atoms with Crippen LogP contribution < -0.4 is 0 Å². The van der Waals surface area contributed by atoms with E-state index in [4.69, 9.17) is 0 Å². The molecule has 0 aromatic heterocycles. The number of carbonyl (C=O) groups excluding carboxylic acids is 1. The molecule has 2 heteroatoms. The number of carbonyl (C=O) groups is 1. The van der Waals surface area contributed by atoms with Crippen LogP contribution in [0.4, 0.5) is 0 Å². The third kappa shape index (κ3) is 0.685. The van der Waals surface area contributed by atoms with Crippen molar-refractivity contribution in [3.8, 4) is 0 Å². The van der Waals surface area contributed by atoms with E-state index >= 15 is 0 Å². The summed E-state index contributed by atoms with van der Waals surface area (Å²) in [7, 11) is 0. The molecule has 0 aromatic carbocycles. The summed E-state index contributed by atoms with van der Waals surface area (Å²) in [5.74, 6) is 0.130. The molecule has 0 saturated carbocycles. The first-order valence-corrected chi connectivity index (χ1v) is 3.53. The molecule has 2 aliphatic heterocycles. The van der Waals surface area contributed by atoms with Crippen molar-refractivity contribution in [2.75, 3.05) is 0 Å². The quantitative estimate of drug-likeness (QED) is 0.486. The minimum Gasteiger partial charge on any atom is -0.312 e. The van der Waals surface area contributed by atoms with Gasteiger partial charge in [0.25, 0.3) is 0 Å². The van der Waals surface area contributed by atoms with Crippen molar-refractivity contribution >= 4 is 5.91 Å². The summed E-state index contributed by atoms with van der Waals surface area (Å²) >= 11 is 0. The Balaban J connectivity index is 2.27. The number of rotatable bonds is 0. The second-order valence-corrected chi connectivity index (χ2v) is 2.66. The molecule has 1 atom stereocenters. The molecule has 1 unspecified atom stereocenters. The molecule has 10 heavy (non-hydrogen) atoms. The minimum absolute atomic E-state index is 0.130. The van der Waals surface area contributed by atoms with E-state index in [2.05, 4.69) is 6.08 Å². The van der Waals surface area contributed by atoms with Crippen molar-refractivity contribution in [2.24, 2.45) is 0 Å². The van der Waals surface area contributed by atoms with Gasteiger partial charge in [-0.25, -0.2) is 0 Å². The Morgan fingerprint density at radius 1 is 1.40 bits per heavy atom. The summed E-state index contributed by atoms with van der Waals surface area (Å²) in [4.78, 5) is 12.9. The largest absolute Gasteiger partial charge is 0.312 e. The van der Waals surface area contributed by atoms with E-state index < -0.39 is 0 Å². The lowest BCUT2D eigenvalue weighted by Crippen LogP contribution is -2.33. The Kier molecular flexibility index (Phi) is 1.13. The summed E-state index contributed by atoms with van der Waals surface area (Å²) in [6.07, 6.45) is 9.57. The maximum absolute atomic E-state index is 11.1.